The van der Waals surface area contributed by atoms with Crippen LogP contribution in [0.2, 0.25) is 0 Å². The predicted octanol–water partition coefficient (Wildman–Crippen LogP) is 13.8. The van der Waals surface area contributed by atoms with Gasteiger partial charge in [0.05, 0.1) is 11.1 Å². The minimum Gasteiger partial charge on any atom is -0.449 e. The summed E-state index contributed by atoms with van der Waals surface area (Å²) in [7, 11) is 0. The van der Waals surface area contributed by atoms with E-state index in [9.17, 15) is 0 Å². The Morgan fingerprint density at radius 1 is 0.446 bits per heavy atom. The normalized spacial score (nSPS) is 17.5. The first kappa shape index (κ1) is 31.5. The first-order valence-electron chi connectivity index (χ1n) is 19.5. The van der Waals surface area contributed by atoms with E-state index in [1.807, 2.05) is 0 Å². The molecular formula is C53H37NO2. The molecule has 0 amide bonds. The number of hydrogen-bond acceptors (Lipinski definition) is 3. The van der Waals surface area contributed by atoms with Crippen molar-refractivity contribution in [2.24, 2.45) is 5.92 Å². The van der Waals surface area contributed by atoms with Gasteiger partial charge in [0, 0.05) is 28.8 Å². The third-order valence-corrected chi connectivity index (χ3v) is 12.8. The van der Waals surface area contributed by atoms with Crippen LogP contribution in [0.25, 0.3) is 27.8 Å². The zero-order chi connectivity index (χ0) is 37.2. The molecule has 1 heterocycles. The van der Waals surface area contributed by atoms with Crippen molar-refractivity contribution >= 4 is 22.6 Å². The molecule has 12 rings (SSSR count). The standard InChI is InChI=1S/C53H37NO2/c1-52(2)43-21-11-8-18-38(43)41-26-24-36(29-46(41)52)54(35-16-4-3-5-17-35)37-25-27-48-49(30-37)56-50-31-42-33-14-6-7-15-34(28-33)53(47(42)32-51(50)55-48)44-22-12-9-19-39(44)40-20-10-13-23-45(40)53/h3-32,34H,1-2H3. The Balaban J connectivity index is 0.984. The van der Waals surface area contributed by atoms with Gasteiger partial charge in [-0.1, -0.05) is 141 Å². The number of nitrogens with zero attached hydrogens (tertiary/aromatic N) is 1. The quantitative estimate of drug-likeness (QED) is 0.181. The van der Waals surface area contributed by atoms with Gasteiger partial charge in [-0.15, -0.1) is 0 Å². The fourth-order valence-electron chi connectivity index (χ4n) is 10.4. The molecule has 266 valence electrons. The Kier molecular flexibility index (Phi) is 6.38. The van der Waals surface area contributed by atoms with E-state index in [4.69, 9.17) is 9.47 Å². The fourth-order valence-corrected chi connectivity index (χ4v) is 10.4. The molecule has 1 aliphatic heterocycles. The second-order valence-corrected chi connectivity index (χ2v) is 16.0. The lowest BCUT2D eigenvalue weighted by atomic mass is 9.59. The van der Waals surface area contributed by atoms with Crippen LogP contribution in [0, 0.1) is 5.92 Å². The first-order chi connectivity index (χ1) is 27.5. The molecule has 0 fully saturated rings. The van der Waals surface area contributed by atoms with Crippen molar-refractivity contribution in [1.29, 1.82) is 0 Å². The summed E-state index contributed by atoms with van der Waals surface area (Å²) in [5.74, 6) is 2.98. The second kappa shape index (κ2) is 11.3. The smallest absolute Gasteiger partial charge is 0.172 e. The summed E-state index contributed by atoms with van der Waals surface area (Å²) in [4.78, 5) is 2.32. The van der Waals surface area contributed by atoms with E-state index in [0.717, 1.165) is 28.6 Å². The van der Waals surface area contributed by atoms with Crippen LogP contribution >= 0.6 is 0 Å². The topological polar surface area (TPSA) is 21.7 Å². The van der Waals surface area contributed by atoms with Crippen molar-refractivity contribution in [2.75, 3.05) is 4.90 Å². The second-order valence-electron chi connectivity index (χ2n) is 16.0. The summed E-state index contributed by atoms with van der Waals surface area (Å²) in [5, 5.41) is 0. The van der Waals surface area contributed by atoms with Crippen molar-refractivity contribution in [1.82, 2.24) is 0 Å². The highest BCUT2D eigenvalue weighted by Crippen LogP contribution is 2.62. The molecule has 3 heteroatoms. The van der Waals surface area contributed by atoms with Gasteiger partial charge in [0.1, 0.15) is 0 Å². The summed E-state index contributed by atoms with van der Waals surface area (Å²) in [6.07, 6.45) is 11.4. The summed E-state index contributed by atoms with van der Waals surface area (Å²) in [6.45, 7) is 4.66. The number of rotatable bonds is 3. The number of fused-ring (bicyclic) bond motifs is 15. The predicted molar refractivity (Wildman–Crippen MR) is 227 cm³/mol. The SMILES string of the molecule is CC1(C)c2ccccc2-c2ccc(N(c3ccccc3)c3ccc4c(c3)Oc3cc5c(cc3O4)C3(c4ccccc4-c4ccccc43)C3C=CC=CC5=C3)cc21. The molecule has 0 aromatic heterocycles. The lowest BCUT2D eigenvalue weighted by Crippen LogP contribution is -2.37. The van der Waals surface area contributed by atoms with E-state index in [1.54, 1.807) is 0 Å². The maximum Gasteiger partial charge on any atom is 0.172 e. The number of allylic oxidation sites excluding steroid dienone is 6. The van der Waals surface area contributed by atoms with Crippen LogP contribution in [-0.4, -0.2) is 0 Å². The van der Waals surface area contributed by atoms with Crippen molar-refractivity contribution in [3.05, 3.63) is 215 Å². The minimum atomic E-state index is -0.404. The summed E-state index contributed by atoms with van der Waals surface area (Å²) >= 11 is 0. The Morgan fingerprint density at radius 2 is 1.04 bits per heavy atom. The fraction of sp³-hybridized carbons (Fsp3) is 0.0943. The molecule has 0 N–H and O–H groups in total. The third kappa shape index (κ3) is 4.17. The van der Waals surface area contributed by atoms with Gasteiger partial charge in [-0.3, -0.25) is 0 Å². The van der Waals surface area contributed by atoms with Gasteiger partial charge in [-0.05, 0) is 110 Å². The maximum atomic E-state index is 6.90. The molecule has 1 spiro atoms. The highest BCUT2D eigenvalue weighted by Gasteiger charge is 2.52. The Labute approximate surface area is 327 Å². The summed E-state index contributed by atoms with van der Waals surface area (Å²) in [6, 6.07) is 54.9. The van der Waals surface area contributed by atoms with Crippen LogP contribution in [0.4, 0.5) is 17.1 Å². The molecular weight excluding hydrogens is 683 g/mol. The van der Waals surface area contributed by atoms with Crippen LogP contribution in [0.3, 0.4) is 0 Å². The van der Waals surface area contributed by atoms with Crippen LogP contribution in [0.15, 0.2) is 182 Å². The molecule has 0 radical (unpaired) electrons. The Bertz CT molecular complexity index is 2870. The van der Waals surface area contributed by atoms with E-state index >= 15 is 0 Å². The molecule has 1 unspecified atom stereocenters. The van der Waals surface area contributed by atoms with Gasteiger partial charge in [-0.2, -0.15) is 0 Å². The monoisotopic (exact) mass is 719 g/mol. The van der Waals surface area contributed by atoms with E-state index in [1.165, 1.54) is 61.2 Å². The molecule has 7 aromatic rings. The van der Waals surface area contributed by atoms with E-state index in [0.29, 0.717) is 11.5 Å². The lowest BCUT2D eigenvalue weighted by Gasteiger charge is -2.42. The van der Waals surface area contributed by atoms with E-state index in [-0.39, 0.29) is 11.3 Å². The Morgan fingerprint density at radius 3 is 1.80 bits per heavy atom. The minimum absolute atomic E-state index is 0.112. The number of ether oxygens (including phenoxy) is 2. The van der Waals surface area contributed by atoms with Crippen LogP contribution in [-0.2, 0) is 10.8 Å². The third-order valence-electron chi connectivity index (χ3n) is 12.8. The van der Waals surface area contributed by atoms with Gasteiger partial charge in [0.2, 0.25) is 0 Å². The average molecular weight is 720 g/mol. The van der Waals surface area contributed by atoms with E-state index < -0.39 is 5.41 Å². The summed E-state index contributed by atoms with van der Waals surface area (Å²) < 4.78 is 13.7. The van der Waals surface area contributed by atoms with Gasteiger partial charge in [-0.25, -0.2) is 0 Å². The lowest BCUT2D eigenvalue weighted by molar-refractivity contribution is 0.358. The molecule has 4 aliphatic carbocycles. The number of hydrogen-bond donors (Lipinski definition) is 0. The maximum absolute atomic E-state index is 6.90. The number of para-hydroxylation sites is 1. The van der Waals surface area contributed by atoms with Crippen LogP contribution < -0.4 is 14.4 Å². The molecule has 1 atom stereocenters. The Hall–Kier alpha value is -6.84. The van der Waals surface area contributed by atoms with Gasteiger partial charge in [0.25, 0.3) is 0 Å². The van der Waals surface area contributed by atoms with Crippen molar-refractivity contribution in [3.8, 4) is 45.3 Å². The van der Waals surface area contributed by atoms with Crippen LogP contribution in [0.1, 0.15) is 47.2 Å². The molecule has 2 bridgehead atoms. The molecule has 56 heavy (non-hydrogen) atoms. The average Bonchev–Trinajstić information content (AvgIpc) is 3.52. The zero-order valence-electron chi connectivity index (χ0n) is 31.2. The molecule has 7 aromatic carbocycles. The summed E-state index contributed by atoms with van der Waals surface area (Å²) in [5.41, 5.74) is 16.8. The van der Waals surface area contributed by atoms with Gasteiger partial charge in [0.15, 0.2) is 23.0 Å². The first-order valence-corrected chi connectivity index (χ1v) is 19.5. The van der Waals surface area contributed by atoms with Crippen LogP contribution in [0.5, 0.6) is 23.0 Å². The molecule has 0 saturated heterocycles. The van der Waals surface area contributed by atoms with Gasteiger partial charge >= 0.3 is 0 Å². The van der Waals surface area contributed by atoms with E-state index in [2.05, 4.69) is 201 Å². The van der Waals surface area contributed by atoms with Crippen molar-refractivity contribution in [2.45, 2.75) is 24.7 Å². The number of anilines is 3. The van der Waals surface area contributed by atoms with Gasteiger partial charge < -0.3 is 14.4 Å². The van der Waals surface area contributed by atoms with Crippen molar-refractivity contribution in [3.63, 3.8) is 0 Å². The highest BCUT2D eigenvalue weighted by atomic mass is 16.6. The molecule has 0 saturated carbocycles. The zero-order valence-corrected chi connectivity index (χ0v) is 31.2. The number of benzene rings is 7. The molecule has 3 nitrogen and oxygen atoms in total. The molecule has 5 aliphatic rings. The van der Waals surface area contributed by atoms with Crippen molar-refractivity contribution < 1.29 is 9.47 Å². The largest absolute Gasteiger partial charge is 0.449 e. The highest BCUT2D eigenvalue weighted by molar-refractivity contribution is 5.92.